The van der Waals surface area contributed by atoms with E-state index < -0.39 is 5.24 Å². The van der Waals surface area contributed by atoms with Gasteiger partial charge in [-0.15, -0.1) is 0 Å². The Morgan fingerprint density at radius 3 is 2.43 bits per heavy atom. The molecule has 0 aliphatic heterocycles. The van der Waals surface area contributed by atoms with E-state index in [9.17, 15) is 4.79 Å². The maximum absolute atomic E-state index is 11.9. The average Bonchev–Trinajstić information content (AvgIpc) is 3.17. The van der Waals surface area contributed by atoms with E-state index in [0.717, 1.165) is 16.5 Å². The minimum Gasteiger partial charge on any atom is -0.496 e. The molecular formula is C21H16ClN3O3. The molecule has 2 heterocycles. The van der Waals surface area contributed by atoms with Crippen LogP contribution in [-0.4, -0.2) is 34.2 Å². The molecule has 0 aliphatic carbocycles. The van der Waals surface area contributed by atoms with Crippen molar-refractivity contribution in [2.75, 3.05) is 14.2 Å². The van der Waals surface area contributed by atoms with Gasteiger partial charge in [0.2, 0.25) is 0 Å². The first-order chi connectivity index (χ1) is 13.6. The molecule has 4 aromatic rings. The molecular weight excluding hydrogens is 378 g/mol. The highest BCUT2D eigenvalue weighted by Crippen LogP contribution is 2.40. The Balaban J connectivity index is 2.07. The lowest BCUT2D eigenvalue weighted by molar-refractivity contribution is 0.107. The van der Waals surface area contributed by atoms with Gasteiger partial charge >= 0.3 is 0 Å². The number of rotatable bonds is 5. The smallest absolute Gasteiger partial charge is 0.272 e. The number of aromatic nitrogens is 3. The number of halogens is 1. The quantitative estimate of drug-likeness (QED) is 0.467. The number of pyridine rings is 1. The lowest BCUT2D eigenvalue weighted by Crippen LogP contribution is -2.03. The molecule has 0 unspecified atom stereocenters. The summed E-state index contributed by atoms with van der Waals surface area (Å²) in [6, 6.07) is 14.8. The Hall–Kier alpha value is -3.38. The number of fused-ring (bicyclic) bond motifs is 1. The first-order valence-corrected chi connectivity index (χ1v) is 8.86. The molecule has 0 spiro atoms. The third kappa shape index (κ3) is 2.97. The van der Waals surface area contributed by atoms with Crippen LogP contribution in [0.3, 0.4) is 0 Å². The number of hydrogen-bond donors (Lipinski definition) is 0. The molecule has 4 rings (SSSR count). The minimum absolute atomic E-state index is 0.135. The summed E-state index contributed by atoms with van der Waals surface area (Å²) in [6.07, 6.45) is 3.49. The second-order valence-corrected chi connectivity index (χ2v) is 6.36. The number of methoxy groups -OCH3 is 2. The topological polar surface area (TPSA) is 66.2 Å². The van der Waals surface area contributed by atoms with Gasteiger partial charge in [0.05, 0.1) is 31.2 Å². The van der Waals surface area contributed by atoms with Gasteiger partial charge in [-0.3, -0.25) is 9.78 Å². The van der Waals surface area contributed by atoms with Crippen molar-refractivity contribution in [3.05, 3.63) is 66.6 Å². The molecule has 6 nitrogen and oxygen atoms in total. The molecule has 0 amide bonds. The molecule has 0 aliphatic rings. The second kappa shape index (κ2) is 7.32. The summed E-state index contributed by atoms with van der Waals surface area (Å²) in [6.45, 7) is 0. The number of ether oxygens (including phenoxy) is 2. The highest BCUT2D eigenvalue weighted by Gasteiger charge is 2.22. The molecule has 2 aromatic heterocycles. The third-order valence-corrected chi connectivity index (χ3v) is 4.67. The third-order valence-electron chi connectivity index (χ3n) is 4.48. The van der Waals surface area contributed by atoms with Crippen LogP contribution in [0.1, 0.15) is 10.5 Å². The van der Waals surface area contributed by atoms with E-state index >= 15 is 0 Å². The van der Waals surface area contributed by atoms with Crippen molar-refractivity contribution >= 4 is 27.6 Å². The Kier molecular flexibility index (Phi) is 4.71. The van der Waals surface area contributed by atoms with E-state index in [0.29, 0.717) is 22.8 Å². The second-order valence-electron chi connectivity index (χ2n) is 6.01. The summed E-state index contributed by atoms with van der Waals surface area (Å²) in [5, 5.41) is 5.70. The zero-order valence-electron chi connectivity index (χ0n) is 15.2. The number of carbonyl (C=O) groups is 1. The van der Waals surface area contributed by atoms with Gasteiger partial charge in [-0.05, 0) is 41.9 Å². The lowest BCUT2D eigenvalue weighted by Gasteiger charge is -2.15. The molecule has 7 heteroatoms. The van der Waals surface area contributed by atoms with E-state index in [4.69, 9.17) is 21.1 Å². The van der Waals surface area contributed by atoms with Crippen LogP contribution < -0.4 is 9.47 Å². The molecule has 0 atom stereocenters. The van der Waals surface area contributed by atoms with Crippen LogP contribution in [0.2, 0.25) is 0 Å². The van der Waals surface area contributed by atoms with E-state index in [-0.39, 0.29) is 5.69 Å². The minimum atomic E-state index is -0.643. The summed E-state index contributed by atoms with van der Waals surface area (Å²) >= 11 is 5.74. The number of benzene rings is 2. The summed E-state index contributed by atoms with van der Waals surface area (Å²) in [7, 11) is 3.16. The highest BCUT2D eigenvalue weighted by molar-refractivity contribution is 6.67. The summed E-state index contributed by atoms with van der Waals surface area (Å²) in [5.41, 5.74) is 2.22. The van der Waals surface area contributed by atoms with Crippen molar-refractivity contribution in [1.29, 1.82) is 0 Å². The van der Waals surface area contributed by atoms with Crippen molar-refractivity contribution in [3.8, 4) is 28.4 Å². The summed E-state index contributed by atoms with van der Waals surface area (Å²) in [4.78, 5) is 16.0. The van der Waals surface area contributed by atoms with Crippen molar-refractivity contribution in [1.82, 2.24) is 14.8 Å². The molecule has 0 saturated carbocycles. The Morgan fingerprint density at radius 1 is 1.04 bits per heavy atom. The first-order valence-electron chi connectivity index (χ1n) is 8.48. The maximum atomic E-state index is 11.9. The van der Waals surface area contributed by atoms with Crippen LogP contribution in [0.25, 0.3) is 27.7 Å². The zero-order chi connectivity index (χ0) is 19.7. The van der Waals surface area contributed by atoms with Crippen LogP contribution in [0.4, 0.5) is 0 Å². The van der Waals surface area contributed by atoms with E-state index in [1.54, 1.807) is 37.4 Å². The van der Waals surface area contributed by atoms with Gasteiger partial charge in [0, 0.05) is 23.2 Å². The molecule has 0 fully saturated rings. The van der Waals surface area contributed by atoms with Crippen LogP contribution in [0, 0.1) is 0 Å². The van der Waals surface area contributed by atoms with E-state index in [1.165, 1.54) is 0 Å². The van der Waals surface area contributed by atoms with Crippen LogP contribution in [0.5, 0.6) is 11.5 Å². The van der Waals surface area contributed by atoms with Gasteiger partial charge in [-0.25, -0.2) is 4.68 Å². The summed E-state index contributed by atoms with van der Waals surface area (Å²) < 4.78 is 12.8. The van der Waals surface area contributed by atoms with Crippen LogP contribution in [0.15, 0.2) is 60.9 Å². The zero-order valence-corrected chi connectivity index (χ0v) is 16.0. The van der Waals surface area contributed by atoms with E-state index in [1.807, 2.05) is 42.5 Å². The number of carbonyl (C=O) groups excluding carboxylic acids is 1. The maximum Gasteiger partial charge on any atom is 0.272 e. The number of nitrogens with zero attached hydrogens (tertiary/aromatic N) is 3. The monoisotopic (exact) mass is 393 g/mol. The van der Waals surface area contributed by atoms with Gasteiger partial charge in [-0.1, -0.05) is 18.2 Å². The molecule has 0 bridgehead atoms. The molecule has 0 saturated heterocycles. The number of hydrogen-bond acceptors (Lipinski definition) is 5. The Morgan fingerprint density at radius 2 is 1.75 bits per heavy atom. The predicted molar refractivity (Wildman–Crippen MR) is 108 cm³/mol. The van der Waals surface area contributed by atoms with E-state index in [2.05, 4.69) is 10.1 Å². The van der Waals surface area contributed by atoms with Gasteiger partial charge < -0.3 is 9.47 Å². The van der Waals surface area contributed by atoms with Gasteiger partial charge in [0.25, 0.3) is 5.24 Å². The normalized spacial score (nSPS) is 10.8. The molecule has 2 aromatic carbocycles. The predicted octanol–water partition coefficient (Wildman–Crippen LogP) is 4.48. The molecule has 28 heavy (non-hydrogen) atoms. The van der Waals surface area contributed by atoms with Crippen molar-refractivity contribution < 1.29 is 14.3 Å². The first kappa shape index (κ1) is 18.0. The Labute approximate surface area is 166 Å². The molecule has 0 radical (unpaired) electrons. The fourth-order valence-electron chi connectivity index (χ4n) is 3.23. The van der Waals surface area contributed by atoms with Crippen molar-refractivity contribution in [2.24, 2.45) is 0 Å². The SMILES string of the molecule is COc1cccc(OC)c1-c1cc(C(=O)Cl)nn1-c1cccc2cnccc12. The van der Waals surface area contributed by atoms with Crippen LogP contribution in [-0.2, 0) is 0 Å². The van der Waals surface area contributed by atoms with Gasteiger partial charge in [0.1, 0.15) is 17.2 Å². The van der Waals surface area contributed by atoms with Crippen molar-refractivity contribution in [3.63, 3.8) is 0 Å². The lowest BCUT2D eigenvalue weighted by atomic mass is 10.1. The molecule has 140 valence electrons. The van der Waals surface area contributed by atoms with Gasteiger partial charge in [-0.2, -0.15) is 5.10 Å². The largest absolute Gasteiger partial charge is 0.496 e. The highest BCUT2D eigenvalue weighted by atomic mass is 35.5. The van der Waals surface area contributed by atoms with Crippen molar-refractivity contribution in [2.45, 2.75) is 0 Å². The fraction of sp³-hybridized carbons (Fsp3) is 0.0952. The van der Waals surface area contributed by atoms with Gasteiger partial charge in [0.15, 0.2) is 0 Å². The Bertz CT molecular complexity index is 1160. The fourth-order valence-corrected chi connectivity index (χ4v) is 3.33. The standard InChI is InChI=1S/C21H16ClN3O3/c1-27-18-7-4-8-19(28-2)20(18)17-11-15(21(22)26)24-25(17)16-6-3-5-13-12-23-10-9-14(13)16/h3-12H,1-2H3. The average molecular weight is 394 g/mol. The summed E-state index contributed by atoms with van der Waals surface area (Å²) in [5.74, 6) is 1.19. The van der Waals surface area contributed by atoms with Crippen LogP contribution >= 0.6 is 11.6 Å². The molecule has 0 N–H and O–H groups in total.